The van der Waals surface area contributed by atoms with E-state index < -0.39 is 10.0 Å². The average Bonchev–Trinajstić information content (AvgIpc) is 3.13. The van der Waals surface area contributed by atoms with Crippen LogP contribution in [-0.2, 0) is 16.4 Å². The minimum Gasteiger partial charge on any atom is -0.304 e. The van der Waals surface area contributed by atoms with Gasteiger partial charge in [0.15, 0.2) is 0 Å². The van der Waals surface area contributed by atoms with Gasteiger partial charge in [0.1, 0.15) is 0 Å². The lowest BCUT2D eigenvalue weighted by atomic mass is 10.0. The van der Waals surface area contributed by atoms with Crippen LogP contribution in [0, 0.1) is 0 Å². The lowest BCUT2D eigenvalue weighted by molar-refractivity contribution is 0.155. The second-order valence-electron chi connectivity index (χ2n) is 7.65. The number of para-hydroxylation sites is 1. The molecule has 0 N–H and O–H groups in total. The van der Waals surface area contributed by atoms with E-state index >= 15 is 0 Å². The number of fused-ring (bicyclic) bond motifs is 5. The van der Waals surface area contributed by atoms with Gasteiger partial charge >= 0.3 is 0 Å². The number of rotatable bonds is 3. The fourth-order valence-corrected chi connectivity index (χ4v) is 6.50. The molecule has 28 heavy (non-hydrogen) atoms. The second kappa shape index (κ2) is 6.69. The van der Waals surface area contributed by atoms with Crippen LogP contribution >= 0.6 is 15.9 Å². The van der Waals surface area contributed by atoms with Crippen molar-refractivity contribution in [1.29, 1.82) is 0 Å². The van der Waals surface area contributed by atoms with Gasteiger partial charge in [0.2, 0.25) is 0 Å². The highest BCUT2D eigenvalue weighted by atomic mass is 79.9. The van der Waals surface area contributed by atoms with E-state index in [1.807, 2.05) is 30.3 Å². The summed E-state index contributed by atoms with van der Waals surface area (Å²) in [5.41, 5.74) is 3.55. The molecule has 3 aromatic rings. The lowest BCUT2D eigenvalue weighted by Crippen LogP contribution is -2.45. The number of piperazine rings is 1. The summed E-state index contributed by atoms with van der Waals surface area (Å²) in [7, 11) is -1.40. The molecule has 2 aliphatic rings. The van der Waals surface area contributed by atoms with Crippen LogP contribution in [0.25, 0.3) is 22.2 Å². The third kappa shape index (κ3) is 2.76. The fourth-order valence-electron chi connectivity index (χ4n) is 4.40. The molecule has 3 heterocycles. The van der Waals surface area contributed by atoms with E-state index in [0.29, 0.717) is 4.90 Å². The van der Waals surface area contributed by atoms with Crippen molar-refractivity contribution in [1.82, 2.24) is 13.8 Å². The predicted molar refractivity (Wildman–Crippen MR) is 115 cm³/mol. The van der Waals surface area contributed by atoms with Crippen molar-refractivity contribution < 1.29 is 8.42 Å². The van der Waals surface area contributed by atoms with Gasteiger partial charge in [-0.05, 0) is 43.3 Å². The van der Waals surface area contributed by atoms with Crippen molar-refractivity contribution >= 4 is 36.9 Å². The maximum absolute atomic E-state index is 13.3. The Morgan fingerprint density at radius 1 is 1.04 bits per heavy atom. The number of halogens is 1. The van der Waals surface area contributed by atoms with Crippen LogP contribution in [0.15, 0.2) is 51.8 Å². The summed E-state index contributed by atoms with van der Waals surface area (Å²) in [6, 6.07) is 13.3. The molecule has 0 aliphatic carbocycles. The third-order valence-corrected chi connectivity index (χ3v) is 8.19. The smallest absolute Gasteiger partial charge is 0.269 e. The van der Waals surface area contributed by atoms with Crippen molar-refractivity contribution in [2.24, 2.45) is 0 Å². The van der Waals surface area contributed by atoms with Crippen LogP contribution in [0.2, 0.25) is 0 Å². The number of hydrogen-bond donors (Lipinski definition) is 0. The molecule has 2 aromatic carbocycles. The van der Waals surface area contributed by atoms with Crippen LogP contribution in [0.5, 0.6) is 0 Å². The topological polar surface area (TPSA) is 45.5 Å². The number of benzene rings is 2. The van der Waals surface area contributed by atoms with Crippen LogP contribution in [0.1, 0.15) is 5.56 Å². The quantitative estimate of drug-likeness (QED) is 0.470. The van der Waals surface area contributed by atoms with Gasteiger partial charge in [0.05, 0.1) is 16.1 Å². The van der Waals surface area contributed by atoms with Gasteiger partial charge < -0.3 is 9.80 Å². The molecule has 7 heteroatoms. The van der Waals surface area contributed by atoms with Crippen molar-refractivity contribution in [3.63, 3.8) is 0 Å². The SMILES string of the molecule is CN1CCN(CCc2c3n(c4ccccc24)S(=O)(=O)c2ccc(Br)cc2-3)CC1. The summed E-state index contributed by atoms with van der Waals surface area (Å²) in [6.07, 6.45) is 0.841. The van der Waals surface area contributed by atoms with Gasteiger partial charge in [-0.2, -0.15) is 0 Å². The normalized spacial score (nSPS) is 19.1. The maximum atomic E-state index is 13.3. The standard InChI is InChI=1S/C21H22BrN3O2S/c1-23-10-12-24(13-11-23)9-8-17-16-4-2-3-5-19(16)25-21(17)18-14-15(22)6-7-20(18)28(25,26)27/h2-7,14H,8-13H2,1H3. The van der Waals surface area contributed by atoms with E-state index in [9.17, 15) is 8.42 Å². The first-order valence-corrected chi connectivity index (χ1v) is 11.8. The van der Waals surface area contributed by atoms with Crippen LogP contribution < -0.4 is 0 Å². The van der Waals surface area contributed by atoms with Gasteiger partial charge in [0.25, 0.3) is 10.0 Å². The molecular weight excluding hydrogens is 438 g/mol. The third-order valence-electron chi connectivity index (χ3n) is 5.93. The minimum atomic E-state index is -3.56. The average molecular weight is 460 g/mol. The molecule has 5 rings (SSSR count). The van der Waals surface area contributed by atoms with E-state index in [0.717, 1.165) is 71.3 Å². The van der Waals surface area contributed by atoms with Gasteiger partial charge in [-0.3, -0.25) is 0 Å². The lowest BCUT2D eigenvalue weighted by Gasteiger charge is -2.32. The largest absolute Gasteiger partial charge is 0.304 e. The monoisotopic (exact) mass is 459 g/mol. The van der Waals surface area contributed by atoms with E-state index in [1.54, 1.807) is 16.1 Å². The molecule has 1 saturated heterocycles. The zero-order chi connectivity index (χ0) is 19.5. The van der Waals surface area contributed by atoms with E-state index in [4.69, 9.17) is 0 Å². The van der Waals surface area contributed by atoms with Crippen LogP contribution in [0.4, 0.5) is 0 Å². The first-order chi connectivity index (χ1) is 13.5. The summed E-state index contributed by atoms with van der Waals surface area (Å²) in [4.78, 5) is 5.23. The molecule has 5 nitrogen and oxygen atoms in total. The minimum absolute atomic E-state index is 0.400. The fraction of sp³-hybridized carbons (Fsp3) is 0.333. The summed E-state index contributed by atoms with van der Waals surface area (Å²) >= 11 is 3.51. The zero-order valence-corrected chi connectivity index (χ0v) is 18.1. The molecular formula is C21H22BrN3O2S. The van der Waals surface area contributed by atoms with Gasteiger partial charge in [-0.1, -0.05) is 34.1 Å². The number of hydrogen-bond acceptors (Lipinski definition) is 4. The molecule has 2 aliphatic heterocycles. The van der Waals surface area contributed by atoms with E-state index in [-0.39, 0.29) is 0 Å². The molecule has 0 radical (unpaired) electrons. The summed E-state index contributed by atoms with van der Waals surface area (Å²) in [5, 5.41) is 1.04. The second-order valence-corrected chi connectivity index (χ2v) is 10.3. The van der Waals surface area contributed by atoms with Crippen molar-refractivity contribution in [2.75, 3.05) is 39.8 Å². The maximum Gasteiger partial charge on any atom is 0.269 e. The van der Waals surface area contributed by atoms with Crippen molar-refractivity contribution in [2.45, 2.75) is 11.3 Å². The molecule has 0 amide bonds. The first-order valence-electron chi connectivity index (χ1n) is 9.55. The van der Waals surface area contributed by atoms with Crippen molar-refractivity contribution in [3.8, 4) is 11.3 Å². The molecule has 1 aromatic heterocycles. The Balaban J connectivity index is 1.64. The Morgan fingerprint density at radius 2 is 1.79 bits per heavy atom. The molecule has 1 fully saturated rings. The highest BCUT2D eigenvalue weighted by Crippen LogP contribution is 2.45. The number of likely N-dealkylation sites (N-methyl/N-ethyl adjacent to an activating group) is 1. The molecule has 0 unspecified atom stereocenters. The Morgan fingerprint density at radius 3 is 2.57 bits per heavy atom. The highest BCUT2D eigenvalue weighted by molar-refractivity contribution is 9.10. The number of aromatic nitrogens is 1. The predicted octanol–water partition coefficient (Wildman–Crippen LogP) is 3.41. The molecule has 0 bridgehead atoms. The van der Waals surface area contributed by atoms with Crippen LogP contribution in [-0.4, -0.2) is 62.0 Å². The molecule has 0 spiro atoms. The highest BCUT2D eigenvalue weighted by Gasteiger charge is 2.37. The van der Waals surface area contributed by atoms with Gasteiger partial charge in [-0.25, -0.2) is 12.4 Å². The van der Waals surface area contributed by atoms with Crippen LogP contribution in [0.3, 0.4) is 0 Å². The summed E-state index contributed by atoms with van der Waals surface area (Å²) in [5.74, 6) is 0. The van der Waals surface area contributed by atoms with Gasteiger partial charge in [0, 0.05) is 48.1 Å². The Labute approximate surface area is 173 Å². The molecule has 146 valence electrons. The summed E-state index contributed by atoms with van der Waals surface area (Å²) < 4.78 is 29.0. The van der Waals surface area contributed by atoms with Gasteiger partial charge in [-0.15, -0.1) is 0 Å². The summed E-state index contributed by atoms with van der Waals surface area (Å²) in [6.45, 7) is 5.23. The molecule has 0 atom stereocenters. The van der Waals surface area contributed by atoms with Crippen molar-refractivity contribution in [3.05, 3.63) is 52.5 Å². The number of nitrogens with zero attached hydrogens (tertiary/aromatic N) is 3. The van der Waals surface area contributed by atoms with E-state index in [2.05, 4.69) is 32.8 Å². The first kappa shape index (κ1) is 18.4. The Bertz CT molecular complexity index is 1180. The Kier molecular flexibility index (Phi) is 4.39. The zero-order valence-electron chi connectivity index (χ0n) is 15.7. The Hall–Kier alpha value is -1.67. The molecule has 0 saturated carbocycles. The van der Waals surface area contributed by atoms with E-state index in [1.165, 1.54) is 0 Å².